The van der Waals surface area contributed by atoms with Crippen LogP contribution in [0.5, 0.6) is 0 Å². The summed E-state index contributed by atoms with van der Waals surface area (Å²) in [5.41, 5.74) is 7.81. The second-order valence-corrected chi connectivity index (χ2v) is 5.42. The van der Waals surface area contributed by atoms with E-state index in [1.54, 1.807) is 0 Å². The van der Waals surface area contributed by atoms with Gasteiger partial charge in [-0.2, -0.15) is 0 Å². The molecule has 0 atom stereocenters. The van der Waals surface area contributed by atoms with Gasteiger partial charge in [-0.25, -0.2) is 0 Å². The van der Waals surface area contributed by atoms with Crippen molar-refractivity contribution in [3.8, 4) is 0 Å². The highest BCUT2D eigenvalue weighted by Crippen LogP contribution is 2.27. The summed E-state index contributed by atoms with van der Waals surface area (Å²) >= 11 is 0. The number of benzene rings is 2. The van der Waals surface area contributed by atoms with E-state index in [2.05, 4.69) is 29.6 Å². The highest BCUT2D eigenvalue weighted by Gasteiger charge is 2.17. The molecule has 0 aromatic heterocycles. The van der Waals surface area contributed by atoms with E-state index in [9.17, 15) is 4.79 Å². The molecule has 0 unspecified atom stereocenters. The summed E-state index contributed by atoms with van der Waals surface area (Å²) in [5.74, 6) is 0.187. The average molecular weight is 333 g/mol. The van der Waals surface area contributed by atoms with E-state index < -0.39 is 0 Å². The molecular weight excluding hydrogens is 308 g/mol. The minimum atomic E-state index is 0. The molecule has 3 nitrogen and oxygen atoms in total. The number of nitrogens with two attached hydrogens (primary N) is 1. The first-order chi connectivity index (χ1) is 10.8. The number of halogens is 1. The number of hydrogen-bond donors (Lipinski definition) is 2. The van der Waals surface area contributed by atoms with E-state index in [4.69, 9.17) is 5.73 Å². The Bertz CT molecular complexity index is 521. The van der Waals surface area contributed by atoms with E-state index in [1.807, 2.05) is 36.4 Å². The first-order valence-corrected chi connectivity index (χ1v) is 7.88. The zero-order chi connectivity index (χ0) is 15.6. The maximum absolute atomic E-state index is 12.2. The van der Waals surface area contributed by atoms with Crippen molar-refractivity contribution in [1.82, 2.24) is 5.32 Å². The molecule has 0 fully saturated rings. The average Bonchev–Trinajstić information content (AvgIpc) is 2.58. The Morgan fingerprint density at radius 3 is 1.91 bits per heavy atom. The van der Waals surface area contributed by atoms with E-state index in [1.165, 1.54) is 11.1 Å². The van der Waals surface area contributed by atoms with Gasteiger partial charge in [0.05, 0.1) is 0 Å². The van der Waals surface area contributed by atoms with Gasteiger partial charge in [-0.05, 0) is 30.5 Å². The van der Waals surface area contributed by atoms with Gasteiger partial charge in [0, 0.05) is 18.9 Å². The van der Waals surface area contributed by atoms with Crippen LogP contribution in [0.2, 0.25) is 0 Å². The maximum atomic E-state index is 12.2. The summed E-state index contributed by atoms with van der Waals surface area (Å²) in [6.45, 7) is 1.37. The van der Waals surface area contributed by atoms with Crippen LogP contribution in [0, 0.1) is 0 Å². The highest BCUT2D eigenvalue weighted by molar-refractivity contribution is 5.85. The minimum absolute atomic E-state index is 0. The molecule has 0 saturated carbocycles. The molecule has 4 heteroatoms. The van der Waals surface area contributed by atoms with Crippen LogP contribution in [-0.4, -0.2) is 19.0 Å². The van der Waals surface area contributed by atoms with E-state index in [0.29, 0.717) is 19.5 Å². The molecule has 0 spiro atoms. The second kappa shape index (κ2) is 10.8. The van der Waals surface area contributed by atoms with Crippen LogP contribution in [0.4, 0.5) is 0 Å². The number of rotatable bonds is 8. The number of carbonyl (C=O) groups is 1. The number of unbranched alkanes of at least 4 members (excludes halogenated alkanes) is 1. The lowest BCUT2D eigenvalue weighted by atomic mass is 9.88. The van der Waals surface area contributed by atoms with E-state index in [-0.39, 0.29) is 24.2 Å². The zero-order valence-electron chi connectivity index (χ0n) is 13.3. The van der Waals surface area contributed by atoms with Crippen LogP contribution in [0.1, 0.15) is 36.3 Å². The van der Waals surface area contributed by atoms with Crippen molar-refractivity contribution < 1.29 is 4.79 Å². The number of hydrogen-bond acceptors (Lipinski definition) is 2. The lowest BCUT2D eigenvalue weighted by Gasteiger charge is -2.18. The quantitative estimate of drug-likeness (QED) is 0.727. The van der Waals surface area contributed by atoms with Crippen molar-refractivity contribution in [3.63, 3.8) is 0 Å². The van der Waals surface area contributed by atoms with Crippen LogP contribution in [-0.2, 0) is 4.79 Å². The predicted octanol–water partition coefficient (Wildman–Crippen LogP) is 3.49. The highest BCUT2D eigenvalue weighted by atomic mass is 35.5. The Hall–Kier alpha value is -1.84. The molecule has 2 rings (SSSR count). The fraction of sp³-hybridized carbons (Fsp3) is 0.316. The summed E-state index contributed by atoms with van der Waals surface area (Å²) in [7, 11) is 0. The molecule has 0 aliphatic heterocycles. The van der Waals surface area contributed by atoms with E-state index >= 15 is 0 Å². The number of carbonyl (C=O) groups excluding carboxylic acids is 1. The third-order valence-electron chi connectivity index (χ3n) is 3.75. The van der Waals surface area contributed by atoms with Crippen molar-refractivity contribution in [3.05, 3.63) is 71.8 Å². The van der Waals surface area contributed by atoms with Gasteiger partial charge in [-0.1, -0.05) is 60.7 Å². The number of amides is 1. The molecular formula is C19H25ClN2O. The molecule has 0 aliphatic rings. The lowest BCUT2D eigenvalue weighted by molar-refractivity contribution is -0.121. The lowest BCUT2D eigenvalue weighted by Crippen LogP contribution is -2.26. The third-order valence-corrected chi connectivity index (χ3v) is 3.75. The second-order valence-electron chi connectivity index (χ2n) is 5.42. The molecule has 0 aliphatic carbocycles. The van der Waals surface area contributed by atoms with Crippen molar-refractivity contribution in [2.45, 2.75) is 25.2 Å². The van der Waals surface area contributed by atoms with Crippen molar-refractivity contribution in [1.29, 1.82) is 0 Å². The molecule has 2 aromatic rings. The van der Waals surface area contributed by atoms with Crippen molar-refractivity contribution >= 4 is 18.3 Å². The molecule has 0 heterocycles. The van der Waals surface area contributed by atoms with Gasteiger partial charge in [0.25, 0.3) is 0 Å². The maximum Gasteiger partial charge on any atom is 0.220 e. The molecule has 0 bridgehead atoms. The van der Waals surface area contributed by atoms with Gasteiger partial charge in [0.15, 0.2) is 0 Å². The van der Waals surface area contributed by atoms with Gasteiger partial charge in [-0.15, -0.1) is 12.4 Å². The smallest absolute Gasteiger partial charge is 0.220 e. The van der Waals surface area contributed by atoms with Crippen LogP contribution in [0.25, 0.3) is 0 Å². The Labute approximate surface area is 144 Å². The summed E-state index contributed by atoms with van der Waals surface area (Å²) < 4.78 is 0. The first-order valence-electron chi connectivity index (χ1n) is 7.88. The minimum Gasteiger partial charge on any atom is -0.356 e. The normalized spacial score (nSPS) is 10.2. The topological polar surface area (TPSA) is 55.1 Å². The monoisotopic (exact) mass is 332 g/mol. The SMILES string of the molecule is Cl.NCCCCNC(=O)CC(c1ccccc1)c1ccccc1. The molecule has 0 saturated heterocycles. The van der Waals surface area contributed by atoms with Gasteiger partial charge in [0.2, 0.25) is 5.91 Å². The predicted molar refractivity (Wildman–Crippen MR) is 97.9 cm³/mol. The fourth-order valence-electron chi connectivity index (χ4n) is 2.55. The first kappa shape index (κ1) is 19.2. The van der Waals surface area contributed by atoms with Gasteiger partial charge in [0.1, 0.15) is 0 Å². The van der Waals surface area contributed by atoms with E-state index in [0.717, 1.165) is 12.8 Å². The Morgan fingerprint density at radius 1 is 0.913 bits per heavy atom. The zero-order valence-corrected chi connectivity index (χ0v) is 14.1. The van der Waals surface area contributed by atoms with Gasteiger partial charge >= 0.3 is 0 Å². The summed E-state index contributed by atoms with van der Waals surface area (Å²) in [6, 6.07) is 20.4. The molecule has 0 radical (unpaired) electrons. The molecule has 1 amide bonds. The van der Waals surface area contributed by atoms with Crippen LogP contribution < -0.4 is 11.1 Å². The molecule has 124 valence electrons. The Morgan fingerprint density at radius 2 is 1.43 bits per heavy atom. The van der Waals surface area contributed by atoms with Crippen LogP contribution >= 0.6 is 12.4 Å². The Balaban J connectivity index is 0.00000264. The summed E-state index contributed by atoms with van der Waals surface area (Å²) in [5, 5.41) is 2.99. The van der Waals surface area contributed by atoms with Gasteiger partial charge < -0.3 is 11.1 Å². The third kappa shape index (κ3) is 6.43. The van der Waals surface area contributed by atoms with Crippen molar-refractivity contribution in [2.24, 2.45) is 5.73 Å². The standard InChI is InChI=1S/C19H24N2O.ClH/c20-13-7-8-14-21-19(22)15-18(16-9-3-1-4-10-16)17-11-5-2-6-12-17;/h1-6,9-12,18H,7-8,13-15,20H2,(H,21,22);1H. The van der Waals surface area contributed by atoms with Crippen LogP contribution in [0.3, 0.4) is 0 Å². The largest absolute Gasteiger partial charge is 0.356 e. The fourth-order valence-corrected chi connectivity index (χ4v) is 2.55. The molecule has 23 heavy (non-hydrogen) atoms. The van der Waals surface area contributed by atoms with Crippen LogP contribution in [0.15, 0.2) is 60.7 Å². The van der Waals surface area contributed by atoms with Gasteiger partial charge in [-0.3, -0.25) is 4.79 Å². The molecule has 3 N–H and O–H groups in total. The Kier molecular flexibility index (Phi) is 9.03. The van der Waals surface area contributed by atoms with Crippen molar-refractivity contribution in [2.75, 3.05) is 13.1 Å². The number of nitrogens with one attached hydrogen (secondary N) is 1. The summed E-state index contributed by atoms with van der Waals surface area (Å²) in [6.07, 6.45) is 2.35. The molecule has 2 aromatic carbocycles. The summed E-state index contributed by atoms with van der Waals surface area (Å²) in [4.78, 5) is 12.2.